The van der Waals surface area contributed by atoms with Crippen molar-refractivity contribution in [2.24, 2.45) is 0 Å². The van der Waals surface area contributed by atoms with Gasteiger partial charge in [0.2, 0.25) is 5.43 Å². The number of pyridine rings is 2. The molecule has 2 N–H and O–H groups in total. The molecular formula is C23H24F2N4O3. The van der Waals surface area contributed by atoms with Crippen LogP contribution < -0.4 is 15.6 Å². The molecule has 1 aliphatic carbocycles. The van der Waals surface area contributed by atoms with Gasteiger partial charge in [0.15, 0.2) is 5.82 Å². The maximum Gasteiger partial charge on any atom is 0.341 e. The minimum Gasteiger partial charge on any atom is -0.477 e. The van der Waals surface area contributed by atoms with Crippen molar-refractivity contribution in [1.82, 2.24) is 14.9 Å². The molecule has 0 atom stereocenters. The Hall–Kier alpha value is -3.07. The van der Waals surface area contributed by atoms with Crippen molar-refractivity contribution in [2.75, 3.05) is 18.0 Å². The molecule has 2 fully saturated rings. The summed E-state index contributed by atoms with van der Waals surface area (Å²) in [4.78, 5) is 30.5. The molecule has 7 nitrogen and oxygen atoms in total. The highest BCUT2D eigenvalue weighted by Crippen LogP contribution is 2.34. The van der Waals surface area contributed by atoms with Gasteiger partial charge in [-0.15, -0.1) is 0 Å². The van der Waals surface area contributed by atoms with Gasteiger partial charge in [0.25, 0.3) is 0 Å². The second-order valence-electron chi connectivity index (χ2n) is 9.71. The summed E-state index contributed by atoms with van der Waals surface area (Å²) in [5.74, 6) is -2.87. The van der Waals surface area contributed by atoms with E-state index >= 15 is 4.39 Å². The molecule has 0 amide bonds. The molecule has 32 heavy (non-hydrogen) atoms. The molecular weight excluding hydrogens is 418 g/mol. The summed E-state index contributed by atoms with van der Waals surface area (Å²) in [5.41, 5.74) is -1.79. The lowest BCUT2D eigenvalue weighted by Crippen LogP contribution is -2.59. The molecule has 2 aliphatic rings. The number of benzene rings is 1. The van der Waals surface area contributed by atoms with E-state index in [2.05, 4.69) is 10.3 Å². The maximum absolute atomic E-state index is 15.5. The zero-order chi connectivity index (χ0) is 22.9. The van der Waals surface area contributed by atoms with Crippen LogP contribution >= 0.6 is 0 Å². The maximum atomic E-state index is 15.5. The van der Waals surface area contributed by atoms with Gasteiger partial charge in [-0.3, -0.25) is 4.79 Å². The zero-order valence-electron chi connectivity index (χ0n) is 18.1. The fraction of sp³-hybridized carbons (Fsp3) is 0.435. The first-order valence-electron chi connectivity index (χ1n) is 10.7. The lowest BCUT2D eigenvalue weighted by atomic mass is 10.0. The van der Waals surface area contributed by atoms with Gasteiger partial charge in [0, 0.05) is 42.3 Å². The predicted octanol–water partition coefficient (Wildman–Crippen LogP) is 3.22. The first-order chi connectivity index (χ1) is 15.0. The van der Waals surface area contributed by atoms with Gasteiger partial charge in [-0.05, 0) is 45.7 Å². The Balaban J connectivity index is 1.68. The highest BCUT2D eigenvalue weighted by Gasteiger charge is 2.35. The summed E-state index contributed by atoms with van der Waals surface area (Å²) >= 11 is 0. The third-order valence-electron chi connectivity index (χ3n) is 6.13. The molecule has 1 saturated heterocycles. The molecule has 168 valence electrons. The molecule has 2 aromatic heterocycles. The summed E-state index contributed by atoms with van der Waals surface area (Å²) in [5, 5.41) is 13.0. The van der Waals surface area contributed by atoms with Gasteiger partial charge in [0.05, 0.1) is 5.39 Å². The van der Waals surface area contributed by atoms with Crippen LogP contribution in [0.2, 0.25) is 0 Å². The third-order valence-corrected chi connectivity index (χ3v) is 6.13. The van der Waals surface area contributed by atoms with Crippen LogP contribution in [0, 0.1) is 11.6 Å². The Morgan fingerprint density at radius 1 is 1.19 bits per heavy atom. The molecule has 0 spiro atoms. The summed E-state index contributed by atoms with van der Waals surface area (Å²) < 4.78 is 32.0. The fourth-order valence-corrected chi connectivity index (χ4v) is 4.27. The van der Waals surface area contributed by atoms with Gasteiger partial charge in [0.1, 0.15) is 28.2 Å². The molecule has 9 heteroatoms. The SMILES string of the molecule is CC(C)(C)n1cc(C(=O)O)c(=O)c2cc3cc(F)c(N4CC(NC5CC5)C4)c(F)c3nc21. The lowest BCUT2D eigenvalue weighted by molar-refractivity contribution is 0.0694. The van der Waals surface area contributed by atoms with E-state index in [1.54, 1.807) is 9.47 Å². The predicted molar refractivity (Wildman–Crippen MR) is 118 cm³/mol. The normalized spacial score (nSPS) is 17.2. The number of aromatic nitrogens is 2. The van der Waals surface area contributed by atoms with E-state index in [1.807, 2.05) is 20.8 Å². The molecule has 0 radical (unpaired) electrons. The number of carbonyl (C=O) groups is 1. The topological polar surface area (TPSA) is 87.5 Å². The Bertz CT molecular complexity index is 1340. The van der Waals surface area contributed by atoms with Gasteiger partial charge in [-0.25, -0.2) is 18.6 Å². The smallest absolute Gasteiger partial charge is 0.341 e. The van der Waals surface area contributed by atoms with E-state index in [1.165, 1.54) is 12.3 Å². The minimum atomic E-state index is -1.37. The summed E-state index contributed by atoms with van der Waals surface area (Å²) in [6.45, 7) is 6.51. The number of nitrogens with one attached hydrogen (secondary N) is 1. The number of carboxylic acid groups (broad SMARTS) is 1. The van der Waals surface area contributed by atoms with Crippen LogP contribution in [0.5, 0.6) is 0 Å². The van der Waals surface area contributed by atoms with Crippen LogP contribution in [0.15, 0.2) is 23.1 Å². The molecule has 5 rings (SSSR count). The molecule has 0 bridgehead atoms. The van der Waals surface area contributed by atoms with Gasteiger partial charge in [-0.1, -0.05) is 0 Å². The van der Waals surface area contributed by atoms with Crippen molar-refractivity contribution in [2.45, 2.75) is 51.2 Å². The highest BCUT2D eigenvalue weighted by molar-refractivity contribution is 5.97. The lowest BCUT2D eigenvalue weighted by Gasteiger charge is -2.41. The number of fused-ring (bicyclic) bond motifs is 2. The summed E-state index contributed by atoms with van der Waals surface area (Å²) in [6, 6.07) is 3.22. The monoisotopic (exact) mass is 442 g/mol. The number of aromatic carboxylic acids is 1. The van der Waals surface area contributed by atoms with E-state index in [4.69, 9.17) is 0 Å². The van der Waals surface area contributed by atoms with Crippen LogP contribution in [-0.2, 0) is 5.54 Å². The molecule has 1 aliphatic heterocycles. The minimum absolute atomic E-state index is 0.0107. The zero-order valence-corrected chi connectivity index (χ0v) is 18.1. The Kier molecular flexibility index (Phi) is 4.53. The van der Waals surface area contributed by atoms with E-state index < -0.39 is 34.1 Å². The Labute approximate surface area is 182 Å². The number of nitrogens with zero attached hydrogens (tertiary/aromatic N) is 3. The second-order valence-corrected chi connectivity index (χ2v) is 9.71. The number of hydrogen-bond acceptors (Lipinski definition) is 5. The molecule has 3 heterocycles. The van der Waals surface area contributed by atoms with Gasteiger partial charge >= 0.3 is 5.97 Å². The Morgan fingerprint density at radius 3 is 2.47 bits per heavy atom. The summed E-state index contributed by atoms with van der Waals surface area (Å²) in [7, 11) is 0. The number of carboxylic acids is 1. The standard InChI is InChI=1S/C23H24F2N4O3/c1-23(2,3)29-10-15(22(31)32)20(30)14-6-11-7-16(24)19(17(25)18(11)27-21(14)29)28-8-13(9-28)26-12-4-5-12/h6-7,10,12-13,26H,4-5,8-9H2,1-3H3,(H,31,32). The van der Waals surface area contributed by atoms with Crippen LogP contribution in [0.3, 0.4) is 0 Å². The first-order valence-corrected chi connectivity index (χ1v) is 10.7. The van der Waals surface area contributed by atoms with E-state index in [0.29, 0.717) is 19.1 Å². The fourth-order valence-electron chi connectivity index (χ4n) is 4.27. The van der Waals surface area contributed by atoms with E-state index in [9.17, 15) is 19.1 Å². The van der Waals surface area contributed by atoms with Crippen LogP contribution in [0.1, 0.15) is 44.0 Å². The van der Waals surface area contributed by atoms with E-state index in [-0.39, 0.29) is 33.7 Å². The van der Waals surface area contributed by atoms with Crippen molar-refractivity contribution in [3.8, 4) is 0 Å². The van der Waals surface area contributed by atoms with Crippen molar-refractivity contribution in [3.05, 3.63) is 45.8 Å². The Morgan fingerprint density at radius 2 is 1.88 bits per heavy atom. The third kappa shape index (κ3) is 3.31. The number of rotatable bonds is 4. The van der Waals surface area contributed by atoms with Crippen LogP contribution in [0.4, 0.5) is 14.5 Å². The average Bonchev–Trinajstić information content (AvgIpc) is 3.48. The molecule has 1 saturated carbocycles. The molecule has 1 aromatic carbocycles. The van der Waals surface area contributed by atoms with Crippen LogP contribution in [0.25, 0.3) is 21.9 Å². The molecule has 0 unspecified atom stereocenters. The van der Waals surface area contributed by atoms with Gasteiger partial charge < -0.3 is 19.9 Å². The number of halogens is 2. The van der Waals surface area contributed by atoms with Crippen molar-refractivity contribution in [3.63, 3.8) is 0 Å². The highest BCUT2D eigenvalue weighted by atomic mass is 19.1. The summed E-state index contributed by atoms with van der Waals surface area (Å²) in [6.07, 6.45) is 3.52. The first kappa shape index (κ1) is 20.8. The average molecular weight is 442 g/mol. The quantitative estimate of drug-likeness (QED) is 0.604. The number of hydrogen-bond donors (Lipinski definition) is 2. The van der Waals surface area contributed by atoms with Crippen molar-refractivity contribution < 1.29 is 18.7 Å². The second kappa shape index (κ2) is 6.96. The van der Waals surface area contributed by atoms with Crippen molar-refractivity contribution in [1.29, 1.82) is 0 Å². The molecule has 3 aromatic rings. The largest absolute Gasteiger partial charge is 0.477 e. The van der Waals surface area contributed by atoms with Crippen LogP contribution in [-0.4, -0.2) is 45.8 Å². The number of anilines is 1. The van der Waals surface area contributed by atoms with Crippen molar-refractivity contribution >= 4 is 33.6 Å². The van der Waals surface area contributed by atoms with E-state index in [0.717, 1.165) is 18.9 Å². The van der Waals surface area contributed by atoms with Gasteiger partial charge in [-0.2, -0.15) is 0 Å².